The van der Waals surface area contributed by atoms with E-state index in [0.29, 0.717) is 17.0 Å². The number of carbonyl (C=O) groups excluding carboxylic acids is 1. The zero-order valence-electron chi connectivity index (χ0n) is 17.2. The van der Waals surface area contributed by atoms with Crippen molar-refractivity contribution in [3.8, 4) is 11.4 Å². The minimum Gasteiger partial charge on any atom is -0.495 e. The number of benzene rings is 2. The molecule has 5 nitrogen and oxygen atoms in total. The first-order chi connectivity index (χ1) is 13.8. The molecule has 0 saturated heterocycles. The van der Waals surface area contributed by atoms with Crippen molar-refractivity contribution in [1.29, 1.82) is 0 Å². The van der Waals surface area contributed by atoms with Crippen molar-refractivity contribution in [3.63, 3.8) is 0 Å². The van der Waals surface area contributed by atoms with Crippen LogP contribution in [-0.4, -0.2) is 27.7 Å². The maximum absolute atomic E-state index is 13.1. The number of hydrogen-bond donors (Lipinski definition) is 0. The molecule has 1 aromatic heterocycles. The topological polar surface area (TPSA) is 61.2 Å². The van der Waals surface area contributed by atoms with Gasteiger partial charge >= 0.3 is 0 Å². The van der Waals surface area contributed by atoms with Gasteiger partial charge in [-0.25, -0.2) is 4.98 Å². The molecule has 3 aromatic rings. The molecular formula is C23H24N2O3S. The lowest BCUT2D eigenvalue weighted by Crippen LogP contribution is -2.23. The number of aryl methyl sites for hydroxylation is 3. The summed E-state index contributed by atoms with van der Waals surface area (Å²) in [7, 11) is 1.57. The van der Waals surface area contributed by atoms with Crippen molar-refractivity contribution in [2.75, 3.05) is 7.11 Å². The van der Waals surface area contributed by atoms with Gasteiger partial charge in [0.2, 0.25) is 0 Å². The zero-order valence-corrected chi connectivity index (χ0v) is 18.0. The molecule has 0 unspecified atom stereocenters. The lowest BCUT2D eigenvalue weighted by atomic mass is 10.0. The number of thioether (sulfide) groups is 1. The van der Waals surface area contributed by atoms with Crippen LogP contribution >= 0.6 is 11.8 Å². The molecule has 3 rings (SSSR count). The lowest BCUT2D eigenvalue weighted by molar-refractivity contribution is 0.0994. The largest absolute Gasteiger partial charge is 0.495 e. The smallest absolute Gasteiger partial charge is 0.287 e. The number of ether oxygens (including phenoxy) is 1. The summed E-state index contributed by atoms with van der Waals surface area (Å²) in [6.07, 6.45) is 3.18. The van der Waals surface area contributed by atoms with E-state index in [0.717, 1.165) is 16.7 Å². The Morgan fingerprint density at radius 1 is 1.10 bits per heavy atom. The molecule has 0 bridgehead atoms. The number of rotatable bonds is 6. The van der Waals surface area contributed by atoms with Crippen molar-refractivity contribution in [1.82, 2.24) is 9.55 Å². The highest BCUT2D eigenvalue weighted by molar-refractivity contribution is 8.00. The molecule has 2 aromatic carbocycles. The predicted molar refractivity (Wildman–Crippen MR) is 117 cm³/mol. The Kier molecular flexibility index (Phi) is 6.23. The van der Waals surface area contributed by atoms with E-state index in [2.05, 4.69) is 4.98 Å². The van der Waals surface area contributed by atoms with Crippen LogP contribution in [0.25, 0.3) is 5.69 Å². The molecule has 29 heavy (non-hydrogen) atoms. The van der Waals surface area contributed by atoms with Crippen molar-refractivity contribution < 1.29 is 9.53 Å². The van der Waals surface area contributed by atoms with Crippen LogP contribution in [0.3, 0.4) is 0 Å². The lowest BCUT2D eigenvalue weighted by Gasteiger charge is -2.14. The Bertz CT molecular complexity index is 1120. The van der Waals surface area contributed by atoms with Crippen LogP contribution in [0, 0.1) is 20.8 Å². The normalized spacial score (nSPS) is 11.9. The molecule has 0 spiro atoms. The van der Waals surface area contributed by atoms with Crippen molar-refractivity contribution in [2.24, 2.45) is 0 Å². The molecule has 6 heteroatoms. The number of methoxy groups -OCH3 is 1. The van der Waals surface area contributed by atoms with Gasteiger partial charge in [-0.15, -0.1) is 0 Å². The SMILES string of the molecule is COc1ccc(C)cc1-n1ccnc(S[C@@H](C)C(=O)c2ccc(C)c(C)c2)c1=O. The monoisotopic (exact) mass is 408 g/mol. The van der Waals surface area contributed by atoms with E-state index in [9.17, 15) is 9.59 Å². The summed E-state index contributed by atoms with van der Waals surface area (Å²) in [5.74, 6) is 0.571. The van der Waals surface area contributed by atoms with Crippen LogP contribution in [0.1, 0.15) is 34.0 Å². The Labute approximate surface area is 174 Å². The van der Waals surface area contributed by atoms with Gasteiger partial charge in [0.25, 0.3) is 5.56 Å². The number of nitrogens with zero attached hydrogens (tertiary/aromatic N) is 2. The summed E-state index contributed by atoms with van der Waals surface area (Å²) in [6, 6.07) is 11.3. The highest BCUT2D eigenvalue weighted by atomic mass is 32.2. The molecule has 0 aliphatic rings. The molecule has 0 N–H and O–H groups in total. The van der Waals surface area contributed by atoms with E-state index in [-0.39, 0.29) is 16.4 Å². The van der Waals surface area contributed by atoms with Crippen LogP contribution in [0.15, 0.2) is 58.6 Å². The van der Waals surface area contributed by atoms with Gasteiger partial charge in [-0.2, -0.15) is 0 Å². The first-order valence-corrected chi connectivity index (χ1v) is 10.2. The average Bonchev–Trinajstić information content (AvgIpc) is 2.71. The summed E-state index contributed by atoms with van der Waals surface area (Å²) < 4.78 is 6.91. The highest BCUT2D eigenvalue weighted by Crippen LogP contribution is 2.25. The fourth-order valence-electron chi connectivity index (χ4n) is 3.00. The predicted octanol–water partition coefficient (Wildman–Crippen LogP) is 4.53. The second kappa shape index (κ2) is 8.66. The molecule has 150 valence electrons. The maximum atomic E-state index is 13.1. The van der Waals surface area contributed by atoms with Gasteiger partial charge in [-0.05, 0) is 62.6 Å². The first kappa shape index (κ1) is 20.9. The molecule has 0 fully saturated rings. The molecule has 1 heterocycles. The van der Waals surface area contributed by atoms with Gasteiger partial charge in [-0.1, -0.05) is 30.0 Å². The van der Waals surface area contributed by atoms with Crippen molar-refractivity contribution in [2.45, 2.75) is 38.0 Å². The number of ketones is 1. The minimum absolute atomic E-state index is 0.0251. The summed E-state index contributed by atoms with van der Waals surface area (Å²) >= 11 is 1.17. The molecule has 0 radical (unpaired) electrons. The van der Waals surface area contributed by atoms with Gasteiger partial charge in [0, 0.05) is 18.0 Å². The second-order valence-electron chi connectivity index (χ2n) is 7.01. The molecule has 1 atom stereocenters. The Morgan fingerprint density at radius 3 is 2.55 bits per heavy atom. The Balaban J connectivity index is 1.92. The van der Waals surface area contributed by atoms with E-state index in [1.165, 1.54) is 16.3 Å². The third-order valence-corrected chi connectivity index (χ3v) is 5.92. The number of Topliss-reactive ketones (excluding diaryl/α,β-unsaturated/α-hetero) is 1. The zero-order chi connectivity index (χ0) is 21.1. The van der Waals surface area contributed by atoms with E-state index in [1.54, 1.807) is 26.4 Å². The Hall–Kier alpha value is -2.86. The quantitative estimate of drug-likeness (QED) is 0.443. The summed E-state index contributed by atoms with van der Waals surface area (Å²) in [5, 5.41) is -0.159. The maximum Gasteiger partial charge on any atom is 0.287 e. The first-order valence-electron chi connectivity index (χ1n) is 9.32. The fraction of sp³-hybridized carbons (Fsp3) is 0.261. The standard InChI is InChI=1S/C23H24N2O3S/c1-14-6-9-20(28-5)19(12-14)25-11-10-24-22(23(25)27)29-17(4)21(26)18-8-7-15(2)16(3)13-18/h6-13,17H,1-5H3/t17-/m0/s1. The molecular weight excluding hydrogens is 384 g/mol. The Morgan fingerprint density at radius 2 is 1.86 bits per heavy atom. The minimum atomic E-state index is -0.437. The number of carbonyl (C=O) groups is 1. The number of aromatic nitrogens is 2. The molecule has 0 aliphatic carbocycles. The van der Waals surface area contributed by atoms with Crippen LogP contribution < -0.4 is 10.3 Å². The van der Waals surface area contributed by atoms with Gasteiger partial charge < -0.3 is 4.74 Å². The summed E-state index contributed by atoms with van der Waals surface area (Å²) in [5.41, 5.74) is 4.24. The van der Waals surface area contributed by atoms with E-state index < -0.39 is 5.25 Å². The second-order valence-corrected chi connectivity index (χ2v) is 8.34. The van der Waals surface area contributed by atoms with E-state index in [4.69, 9.17) is 4.74 Å². The van der Waals surface area contributed by atoms with Gasteiger partial charge in [0.05, 0.1) is 18.0 Å². The average molecular weight is 409 g/mol. The number of hydrogen-bond acceptors (Lipinski definition) is 5. The van der Waals surface area contributed by atoms with Gasteiger partial charge in [0.1, 0.15) is 5.75 Å². The summed E-state index contributed by atoms with van der Waals surface area (Å²) in [4.78, 5) is 30.1. The van der Waals surface area contributed by atoms with Crippen LogP contribution in [0.4, 0.5) is 0 Å². The molecule has 0 saturated carbocycles. The van der Waals surface area contributed by atoms with E-state index >= 15 is 0 Å². The fourth-order valence-corrected chi connectivity index (χ4v) is 3.90. The van der Waals surface area contributed by atoms with Crippen LogP contribution in [0.2, 0.25) is 0 Å². The summed E-state index contributed by atoms with van der Waals surface area (Å²) in [6.45, 7) is 7.75. The van der Waals surface area contributed by atoms with Crippen LogP contribution in [0.5, 0.6) is 5.75 Å². The van der Waals surface area contributed by atoms with Crippen LogP contribution in [-0.2, 0) is 0 Å². The van der Waals surface area contributed by atoms with Gasteiger partial charge in [-0.3, -0.25) is 14.2 Å². The van der Waals surface area contributed by atoms with E-state index in [1.807, 2.05) is 57.2 Å². The molecule has 0 aliphatic heterocycles. The van der Waals surface area contributed by atoms with Gasteiger partial charge in [0.15, 0.2) is 10.8 Å². The van der Waals surface area contributed by atoms with Crippen molar-refractivity contribution >= 4 is 17.5 Å². The molecule has 0 amide bonds. The third kappa shape index (κ3) is 4.43. The highest BCUT2D eigenvalue weighted by Gasteiger charge is 2.20. The third-order valence-electron chi connectivity index (χ3n) is 4.85. The van der Waals surface area contributed by atoms with Crippen molar-refractivity contribution in [3.05, 3.63) is 81.4 Å².